The minimum absolute atomic E-state index is 0.0381. The van der Waals surface area contributed by atoms with E-state index >= 15 is 0 Å². The first-order valence-electron chi connectivity index (χ1n) is 8.60. The molecule has 0 atom stereocenters. The molecule has 6 heteroatoms. The Balaban J connectivity index is 1.45. The normalized spacial score (nSPS) is 16.2. The summed E-state index contributed by atoms with van der Waals surface area (Å²) >= 11 is 0. The number of hydrogen-bond acceptors (Lipinski definition) is 5. The molecular formula is C18H23N3O3. The Bertz CT molecular complexity index is 617. The molecular weight excluding hydrogens is 306 g/mol. The molecule has 2 aromatic rings. The van der Waals surface area contributed by atoms with E-state index in [9.17, 15) is 4.79 Å². The van der Waals surface area contributed by atoms with Gasteiger partial charge in [-0.05, 0) is 37.1 Å². The van der Waals surface area contributed by atoms with Gasteiger partial charge in [0, 0.05) is 11.6 Å². The number of ether oxygens (including phenoxy) is 1. The number of rotatable bonds is 5. The van der Waals surface area contributed by atoms with Crippen LogP contribution in [-0.2, 0) is 4.79 Å². The van der Waals surface area contributed by atoms with Crippen LogP contribution in [0.2, 0.25) is 0 Å². The number of amides is 1. The second kappa shape index (κ2) is 8.47. The number of carbonyl (C=O) groups is 1. The molecule has 1 aromatic carbocycles. The monoisotopic (exact) mass is 329 g/mol. The highest BCUT2D eigenvalue weighted by Crippen LogP contribution is 2.20. The molecule has 1 aromatic heterocycles. The van der Waals surface area contributed by atoms with Crippen molar-refractivity contribution < 1.29 is 13.9 Å². The minimum Gasteiger partial charge on any atom is -0.484 e. The number of aromatic nitrogens is 2. The molecule has 0 saturated heterocycles. The van der Waals surface area contributed by atoms with E-state index in [0.29, 0.717) is 17.7 Å². The van der Waals surface area contributed by atoms with Crippen molar-refractivity contribution in [1.82, 2.24) is 15.5 Å². The van der Waals surface area contributed by atoms with Gasteiger partial charge in [-0.3, -0.25) is 4.79 Å². The lowest BCUT2D eigenvalue weighted by atomic mass is 9.97. The van der Waals surface area contributed by atoms with E-state index in [0.717, 1.165) is 18.4 Å². The molecule has 1 saturated carbocycles. The van der Waals surface area contributed by atoms with Crippen molar-refractivity contribution in [2.75, 3.05) is 6.61 Å². The molecule has 1 N–H and O–H groups in total. The molecule has 3 rings (SSSR count). The van der Waals surface area contributed by atoms with E-state index in [1.807, 2.05) is 12.1 Å². The lowest BCUT2D eigenvalue weighted by molar-refractivity contribution is -0.123. The van der Waals surface area contributed by atoms with Crippen molar-refractivity contribution in [3.63, 3.8) is 0 Å². The van der Waals surface area contributed by atoms with Gasteiger partial charge >= 0.3 is 0 Å². The fraction of sp³-hybridized carbons (Fsp3) is 0.500. The Morgan fingerprint density at radius 1 is 1.12 bits per heavy atom. The van der Waals surface area contributed by atoms with Crippen molar-refractivity contribution in [2.24, 2.45) is 0 Å². The maximum atomic E-state index is 12.1. The fourth-order valence-electron chi connectivity index (χ4n) is 3.01. The van der Waals surface area contributed by atoms with Gasteiger partial charge in [0.15, 0.2) is 6.61 Å². The zero-order valence-corrected chi connectivity index (χ0v) is 13.7. The summed E-state index contributed by atoms with van der Waals surface area (Å²) in [4.78, 5) is 12.1. The maximum absolute atomic E-state index is 12.1. The first-order valence-corrected chi connectivity index (χ1v) is 8.60. The maximum Gasteiger partial charge on any atom is 0.258 e. The summed E-state index contributed by atoms with van der Waals surface area (Å²) in [5.74, 6) is 1.05. The Hall–Kier alpha value is -2.37. The highest BCUT2D eigenvalue weighted by Gasteiger charge is 2.14. The first-order chi connectivity index (χ1) is 11.8. The molecule has 1 aliphatic rings. The van der Waals surface area contributed by atoms with Crippen molar-refractivity contribution in [3.8, 4) is 17.2 Å². The third-order valence-electron chi connectivity index (χ3n) is 4.30. The number of carbonyl (C=O) groups excluding carboxylic acids is 1. The van der Waals surface area contributed by atoms with E-state index in [2.05, 4.69) is 15.5 Å². The second-order valence-electron chi connectivity index (χ2n) is 6.17. The zero-order chi connectivity index (χ0) is 16.6. The Morgan fingerprint density at radius 2 is 1.83 bits per heavy atom. The summed E-state index contributed by atoms with van der Waals surface area (Å²) in [5, 5.41) is 10.6. The highest BCUT2D eigenvalue weighted by atomic mass is 16.5. The predicted molar refractivity (Wildman–Crippen MR) is 89.5 cm³/mol. The molecule has 1 heterocycles. The zero-order valence-electron chi connectivity index (χ0n) is 13.7. The van der Waals surface area contributed by atoms with Gasteiger partial charge in [0.2, 0.25) is 12.3 Å². The molecule has 0 bridgehead atoms. The van der Waals surface area contributed by atoms with Gasteiger partial charge in [-0.1, -0.05) is 32.1 Å². The third-order valence-corrected chi connectivity index (χ3v) is 4.30. The van der Waals surface area contributed by atoms with Gasteiger partial charge in [0.1, 0.15) is 5.75 Å². The molecule has 1 fully saturated rings. The van der Waals surface area contributed by atoms with Crippen LogP contribution in [0.25, 0.3) is 11.5 Å². The van der Waals surface area contributed by atoms with Crippen molar-refractivity contribution in [1.29, 1.82) is 0 Å². The van der Waals surface area contributed by atoms with Crippen LogP contribution in [0.5, 0.6) is 5.75 Å². The summed E-state index contributed by atoms with van der Waals surface area (Å²) in [7, 11) is 0. The van der Waals surface area contributed by atoms with E-state index in [1.165, 1.54) is 38.5 Å². The van der Waals surface area contributed by atoms with Gasteiger partial charge in [0.25, 0.3) is 5.91 Å². The predicted octanol–water partition coefficient (Wildman–Crippen LogP) is 3.34. The fourth-order valence-corrected chi connectivity index (χ4v) is 3.01. The topological polar surface area (TPSA) is 77.2 Å². The van der Waals surface area contributed by atoms with E-state index < -0.39 is 0 Å². The molecule has 0 unspecified atom stereocenters. The summed E-state index contributed by atoms with van der Waals surface area (Å²) in [6.07, 6.45) is 9.70. The highest BCUT2D eigenvalue weighted by molar-refractivity contribution is 5.77. The molecule has 0 aliphatic heterocycles. The Morgan fingerprint density at radius 3 is 2.50 bits per heavy atom. The molecule has 24 heavy (non-hydrogen) atoms. The van der Waals surface area contributed by atoms with Crippen molar-refractivity contribution >= 4 is 5.91 Å². The lowest BCUT2D eigenvalue weighted by Gasteiger charge is -2.21. The van der Waals surface area contributed by atoms with Gasteiger partial charge in [-0.25, -0.2) is 0 Å². The lowest BCUT2D eigenvalue weighted by Crippen LogP contribution is -2.38. The van der Waals surface area contributed by atoms with Crippen LogP contribution in [0, 0.1) is 0 Å². The largest absolute Gasteiger partial charge is 0.484 e. The van der Waals surface area contributed by atoms with Crippen LogP contribution in [0.3, 0.4) is 0 Å². The summed E-state index contributed by atoms with van der Waals surface area (Å²) in [6, 6.07) is 7.54. The van der Waals surface area contributed by atoms with Crippen molar-refractivity contribution in [3.05, 3.63) is 30.7 Å². The smallest absolute Gasteiger partial charge is 0.258 e. The first kappa shape index (κ1) is 16.5. The van der Waals surface area contributed by atoms with Crippen LogP contribution in [0.15, 0.2) is 35.1 Å². The van der Waals surface area contributed by atoms with E-state index in [1.54, 1.807) is 12.1 Å². The Labute approximate surface area is 141 Å². The van der Waals surface area contributed by atoms with Crippen LogP contribution < -0.4 is 10.1 Å². The average Bonchev–Trinajstić information content (AvgIpc) is 3.10. The van der Waals surface area contributed by atoms with Crippen LogP contribution in [-0.4, -0.2) is 28.8 Å². The van der Waals surface area contributed by atoms with Crippen molar-refractivity contribution in [2.45, 2.75) is 51.0 Å². The van der Waals surface area contributed by atoms with Gasteiger partial charge in [-0.2, -0.15) is 0 Å². The number of hydrogen-bond donors (Lipinski definition) is 1. The van der Waals surface area contributed by atoms with Crippen LogP contribution in [0.1, 0.15) is 44.9 Å². The number of benzene rings is 1. The third kappa shape index (κ3) is 4.81. The average molecular weight is 329 g/mol. The van der Waals surface area contributed by atoms with E-state index in [4.69, 9.17) is 9.15 Å². The van der Waals surface area contributed by atoms with Gasteiger partial charge in [0.05, 0.1) is 0 Å². The Kier molecular flexibility index (Phi) is 5.82. The second-order valence-corrected chi connectivity index (χ2v) is 6.17. The van der Waals surface area contributed by atoms with Crippen LogP contribution in [0.4, 0.5) is 0 Å². The van der Waals surface area contributed by atoms with E-state index in [-0.39, 0.29) is 12.5 Å². The quantitative estimate of drug-likeness (QED) is 0.910. The minimum atomic E-state index is -0.0541. The molecule has 128 valence electrons. The standard InChI is InChI=1S/C18H23N3O3/c22-17(20-15-6-4-2-1-3-5-7-15)12-23-16-10-8-14(9-11-16)18-21-19-13-24-18/h8-11,13,15H,1-7,12H2,(H,20,22). The molecule has 1 aliphatic carbocycles. The number of nitrogens with zero attached hydrogens (tertiary/aromatic N) is 2. The molecule has 0 radical (unpaired) electrons. The van der Waals surface area contributed by atoms with Gasteiger partial charge < -0.3 is 14.5 Å². The summed E-state index contributed by atoms with van der Waals surface area (Å²) < 4.78 is 10.7. The SMILES string of the molecule is O=C(COc1ccc(-c2nnco2)cc1)NC1CCCCCCC1. The molecule has 1 amide bonds. The summed E-state index contributed by atoms with van der Waals surface area (Å²) in [6.45, 7) is 0.0381. The van der Waals surface area contributed by atoms with Gasteiger partial charge in [-0.15, -0.1) is 10.2 Å². The summed E-state index contributed by atoms with van der Waals surface area (Å²) in [5.41, 5.74) is 0.818. The number of nitrogens with one attached hydrogen (secondary N) is 1. The molecule has 0 spiro atoms. The van der Waals surface area contributed by atoms with Crippen LogP contribution >= 0.6 is 0 Å². The molecule has 6 nitrogen and oxygen atoms in total.